The first-order valence-corrected chi connectivity index (χ1v) is 9.99. The molecule has 0 aromatic heterocycles. The Morgan fingerprint density at radius 1 is 1.52 bits per heavy atom. The first-order valence-electron chi connectivity index (χ1n) is 6.60. The van der Waals surface area contributed by atoms with E-state index in [2.05, 4.69) is 15.9 Å². The first-order chi connectivity index (χ1) is 9.96. The van der Waals surface area contributed by atoms with E-state index < -0.39 is 10.0 Å². The highest BCUT2D eigenvalue weighted by Gasteiger charge is 2.34. The molecule has 1 aliphatic rings. The van der Waals surface area contributed by atoms with Crippen molar-refractivity contribution in [3.8, 4) is 0 Å². The lowest BCUT2D eigenvalue weighted by Crippen LogP contribution is -2.42. The molecule has 0 radical (unpaired) electrons. The number of hydrogen-bond donors (Lipinski definition) is 1. The second-order valence-corrected chi connectivity index (χ2v) is 8.68. The van der Waals surface area contributed by atoms with Crippen LogP contribution < -0.4 is 5.73 Å². The van der Waals surface area contributed by atoms with Crippen LogP contribution in [0.1, 0.15) is 6.42 Å². The van der Waals surface area contributed by atoms with Crippen molar-refractivity contribution >= 4 is 43.4 Å². The summed E-state index contributed by atoms with van der Waals surface area (Å²) in [4.78, 5) is 0.254. The maximum atomic E-state index is 12.9. The summed E-state index contributed by atoms with van der Waals surface area (Å²) in [6.07, 6.45) is 0.875. The maximum absolute atomic E-state index is 12.9. The van der Waals surface area contributed by atoms with Crippen molar-refractivity contribution in [2.45, 2.75) is 17.4 Å². The van der Waals surface area contributed by atoms with E-state index in [9.17, 15) is 8.42 Å². The molecule has 118 valence electrons. The summed E-state index contributed by atoms with van der Waals surface area (Å²) >= 11 is 5.09. The van der Waals surface area contributed by atoms with E-state index in [1.54, 1.807) is 41.4 Å². The van der Waals surface area contributed by atoms with Crippen molar-refractivity contribution in [2.24, 2.45) is 0 Å². The number of benzene rings is 1. The average Bonchev–Trinajstić information content (AvgIpc) is 2.92. The molecule has 5 nitrogen and oxygen atoms in total. The van der Waals surface area contributed by atoms with Crippen molar-refractivity contribution in [3.05, 3.63) is 22.7 Å². The predicted molar refractivity (Wildman–Crippen MR) is 90.1 cm³/mol. The molecule has 1 aromatic carbocycles. The number of rotatable bonds is 6. The number of thioether (sulfide) groups is 1. The molecule has 1 fully saturated rings. The van der Waals surface area contributed by atoms with E-state index in [0.717, 1.165) is 17.9 Å². The summed E-state index contributed by atoms with van der Waals surface area (Å²) in [5, 5.41) is 0. The fourth-order valence-corrected chi connectivity index (χ4v) is 6.30. The van der Waals surface area contributed by atoms with Crippen molar-refractivity contribution < 1.29 is 13.2 Å². The molecular weight excluding hydrogens is 376 g/mol. The van der Waals surface area contributed by atoms with E-state index in [0.29, 0.717) is 23.3 Å². The fraction of sp³-hybridized carbons (Fsp3) is 0.538. The van der Waals surface area contributed by atoms with Gasteiger partial charge in [0, 0.05) is 35.6 Å². The monoisotopic (exact) mass is 394 g/mol. The van der Waals surface area contributed by atoms with Crippen LogP contribution in [0.5, 0.6) is 0 Å². The number of halogens is 1. The molecular formula is C13H19BrN2O3S2. The molecule has 0 bridgehead atoms. The predicted octanol–water partition coefficient (Wildman–Crippen LogP) is 2.17. The summed E-state index contributed by atoms with van der Waals surface area (Å²) in [6.45, 7) is 0.744. The van der Waals surface area contributed by atoms with E-state index in [1.807, 2.05) is 0 Å². The van der Waals surface area contributed by atoms with Gasteiger partial charge in [-0.1, -0.05) is 0 Å². The highest BCUT2D eigenvalue weighted by Crippen LogP contribution is 2.31. The summed E-state index contributed by atoms with van der Waals surface area (Å²) in [5.41, 5.74) is 6.22. The minimum absolute atomic E-state index is 0.0274. The molecule has 1 heterocycles. The molecule has 21 heavy (non-hydrogen) atoms. The number of methoxy groups -OCH3 is 1. The van der Waals surface area contributed by atoms with Gasteiger partial charge in [-0.2, -0.15) is 16.1 Å². The van der Waals surface area contributed by atoms with E-state index in [4.69, 9.17) is 10.5 Å². The maximum Gasteiger partial charge on any atom is 0.244 e. The van der Waals surface area contributed by atoms with Crippen molar-refractivity contribution in [3.63, 3.8) is 0 Å². The minimum Gasteiger partial charge on any atom is -0.399 e. The van der Waals surface area contributed by atoms with Crippen molar-refractivity contribution in [1.29, 1.82) is 0 Å². The highest BCUT2D eigenvalue weighted by atomic mass is 79.9. The third-order valence-corrected chi connectivity index (χ3v) is 7.44. The highest BCUT2D eigenvalue weighted by molar-refractivity contribution is 9.10. The molecule has 0 saturated carbocycles. The zero-order valence-corrected chi connectivity index (χ0v) is 15.0. The van der Waals surface area contributed by atoms with Crippen LogP contribution in [0.25, 0.3) is 0 Å². The minimum atomic E-state index is -3.57. The summed E-state index contributed by atoms with van der Waals surface area (Å²) in [6, 6.07) is 4.80. The number of sulfonamides is 1. The van der Waals surface area contributed by atoms with Crippen LogP contribution in [-0.4, -0.2) is 50.5 Å². The van der Waals surface area contributed by atoms with Gasteiger partial charge in [-0.25, -0.2) is 8.42 Å². The van der Waals surface area contributed by atoms with Gasteiger partial charge in [-0.05, 0) is 46.3 Å². The molecule has 1 saturated heterocycles. The quantitative estimate of drug-likeness (QED) is 0.748. The third kappa shape index (κ3) is 3.92. The third-order valence-electron chi connectivity index (χ3n) is 3.37. The SMILES string of the molecule is COCCN(C1CCSC1)S(=O)(=O)c1ccc(N)cc1Br. The Balaban J connectivity index is 2.35. The molecule has 2 rings (SSSR count). The molecule has 1 aromatic rings. The lowest BCUT2D eigenvalue weighted by molar-refractivity contribution is 0.169. The molecule has 0 spiro atoms. The molecule has 0 aliphatic carbocycles. The summed E-state index contributed by atoms with van der Waals surface area (Å²) in [7, 11) is -1.99. The van der Waals surface area contributed by atoms with E-state index in [1.165, 1.54) is 0 Å². The zero-order valence-electron chi connectivity index (χ0n) is 11.8. The number of ether oxygens (including phenoxy) is 1. The van der Waals surface area contributed by atoms with Gasteiger partial charge in [0.15, 0.2) is 0 Å². The van der Waals surface area contributed by atoms with Crippen molar-refractivity contribution in [2.75, 3.05) is 37.5 Å². The van der Waals surface area contributed by atoms with Crippen molar-refractivity contribution in [1.82, 2.24) is 4.31 Å². The van der Waals surface area contributed by atoms with E-state index in [-0.39, 0.29) is 10.9 Å². The Morgan fingerprint density at radius 3 is 2.86 bits per heavy atom. The first kappa shape index (κ1) is 17.1. The van der Waals surface area contributed by atoms with Gasteiger partial charge >= 0.3 is 0 Å². The van der Waals surface area contributed by atoms with Gasteiger partial charge in [-0.3, -0.25) is 0 Å². The standard InChI is InChI=1S/C13H19BrN2O3S2/c1-19-6-5-16(11-4-7-20-9-11)21(17,18)13-3-2-10(15)8-12(13)14/h2-3,8,11H,4-7,9,15H2,1H3. The van der Waals surface area contributed by atoms with Crippen LogP contribution in [0.15, 0.2) is 27.6 Å². The van der Waals surface area contributed by atoms with Crippen LogP contribution >= 0.6 is 27.7 Å². The molecule has 0 amide bonds. The van der Waals surface area contributed by atoms with Gasteiger partial charge < -0.3 is 10.5 Å². The Hall–Kier alpha value is -0.280. The Kier molecular flexibility index (Phi) is 5.96. The largest absolute Gasteiger partial charge is 0.399 e. The fourth-order valence-electron chi connectivity index (χ4n) is 2.28. The van der Waals surface area contributed by atoms with Crippen LogP contribution in [-0.2, 0) is 14.8 Å². The zero-order chi connectivity index (χ0) is 15.5. The number of anilines is 1. The number of nitrogens with zero attached hydrogens (tertiary/aromatic N) is 1. The lowest BCUT2D eigenvalue weighted by Gasteiger charge is -2.27. The average molecular weight is 395 g/mol. The topological polar surface area (TPSA) is 72.6 Å². The summed E-state index contributed by atoms with van der Waals surface area (Å²) < 4.78 is 33.0. The number of nitrogens with two attached hydrogens (primary N) is 1. The molecule has 1 unspecified atom stereocenters. The molecule has 2 N–H and O–H groups in total. The second-order valence-electron chi connectivity index (χ2n) is 4.82. The van der Waals surface area contributed by atoms with Crippen LogP contribution in [0, 0.1) is 0 Å². The smallest absolute Gasteiger partial charge is 0.244 e. The van der Waals surface area contributed by atoms with E-state index >= 15 is 0 Å². The van der Waals surface area contributed by atoms with Gasteiger partial charge in [0.1, 0.15) is 0 Å². The van der Waals surface area contributed by atoms with Crippen LogP contribution in [0.4, 0.5) is 5.69 Å². The Morgan fingerprint density at radius 2 is 2.29 bits per heavy atom. The second kappa shape index (κ2) is 7.32. The normalized spacial score (nSPS) is 19.3. The van der Waals surface area contributed by atoms with Gasteiger partial charge in [0.25, 0.3) is 0 Å². The molecule has 1 aliphatic heterocycles. The number of nitrogen functional groups attached to an aromatic ring is 1. The molecule has 1 atom stereocenters. The lowest BCUT2D eigenvalue weighted by atomic mass is 10.3. The van der Waals surface area contributed by atoms with Crippen LogP contribution in [0.3, 0.4) is 0 Å². The Labute approximate surface area is 138 Å². The summed E-state index contributed by atoms with van der Waals surface area (Å²) in [5.74, 6) is 1.82. The van der Waals surface area contributed by atoms with Gasteiger partial charge in [0.05, 0.1) is 11.5 Å². The van der Waals surface area contributed by atoms with Gasteiger partial charge in [0.2, 0.25) is 10.0 Å². The molecule has 8 heteroatoms. The van der Waals surface area contributed by atoms with Crippen LogP contribution in [0.2, 0.25) is 0 Å². The van der Waals surface area contributed by atoms with Gasteiger partial charge in [-0.15, -0.1) is 0 Å². The number of hydrogen-bond acceptors (Lipinski definition) is 5. The Bertz CT molecular complexity index is 589.